The van der Waals surface area contributed by atoms with Crippen molar-refractivity contribution in [3.8, 4) is 5.75 Å². The smallest absolute Gasteiger partial charge is 0.126 e. The summed E-state index contributed by atoms with van der Waals surface area (Å²) in [6.45, 7) is 6.56. The van der Waals surface area contributed by atoms with E-state index in [-0.39, 0.29) is 28.5 Å². The number of hydrogen-bond acceptors (Lipinski definition) is 2. The SMILES string of the molecule is Br.CCCN(CCC)[C@@H]1CCc2c(F)ccc(O)c2C1. The van der Waals surface area contributed by atoms with Gasteiger partial charge in [0, 0.05) is 11.6 Å². The molecule has 1 aliphatic rings. The molecule has 0 aromatic heterocycles. The van der Waals surface area contributed by atoms with Gasteiger partial charge in [-0.2, -0.15) is 0 Å². The quantitative estimate of drug-likeness (QED) is 0.868. The molecular weight excluding hydrogens is 321 g/mol. The number of halogens is 2. The van der Waals surface area contributed by atoms with Crippen LogP contribution < -0.4 is 0 Å². The minimum Gasteiger partial charge on any atom is -0.508 e. The molecule has 1 N–H and O–H groups in total. The lowest BCUT2D eigenvalue weighted by atomic mass is 9.86. The van der Waals surface area contributed by atoms with E-state index in [0.717, 1.165) is 56.3 Å². The summed E-state index contributed by atoms with van der Waals surface area (Å²) >= 11 is 0. The zero-order valence-electron chi connectivity index (χ0n) is 12.4. The topological polar surface area (TPSA) is 23.5 Å². The van der Waals surface area contributed by atoms with Gasteiger partial charge < -0.3 is 10.0 Å². The normalized spacial score (nSPS) is 17.7. The summed E-state index contributed by atoms with van der Waals surface area (Å²) in [6.07, 6.45) is 4.79. The number of hydrogen-bond donors (Lipinski definition) is 1. The molecule has 1 aromatic carbocycles. The van der Waals surface area contributed by atoms with E-state index in [9.17, 15) is 9.50 Å². The fourth-order valence-electron chi connectivity index (χ4n) is 3.16. The Bertz CT molecular complexity index is 433. The largest absolute Gasteiger partial charge is 0.508 e. The molecule has 1 aromatic rings. The zero-order chi connectivity index (χ0) is 13.8. The number of aromatic hydroxyl groups is 1. The monoisotopic (exact) mass is 345 g/mol. The Labute approximate surface area is 131 Å². The first-order chi connectivity index (χ1) is 9.17. The Morgan fingerprint density at radius 1 is 1.20 bits per heavy atom. The number of benzene rings is 1. The van der Waals surface area contributed by atoms with E-state index in [1.165, 1.54) is 12.1 Å². The summed E-state index contributed by atoms with van der Waals surface area (Å²) in [7, 11) is 0. The van der Waals surface area contributed by atoms with E-state index in [0.29, 0.717) is 6.04 Å². The molecule has 2 rings (SSSR count). The summed E-state index contributed by atoms with van der Waals surface area (Å²) in [6, 6.07) is 3.31. The van der Waals surface area contributed by atoms with Gasteiger partial charge in [-0.15, -0.1) is 17.0 Å². The van der Waals surface area contributed by atoms with Crippen LogP contribution in [0.15, 0.2) is 12.1 Å². The van der Waals surface area contributed by atoms with Gasteiger partial charge in [0.25, 0.3) is 0 Å². The van der Waals surface area contributed by atoms with Gasteiger partial charge in [0.15, 0.2) is 0 Å². The molecule has 1 atom stereocenters. The van der Waals surface area contributed by atoms with Gasteiger partial charge in [-0.25, -0.2) is 4.39 Å². The van der Waals surface area contributed by atoms with Crippen LogP contribution in [0.3, 0.4) is 0 Å². The maximum absolute atomic E-state index is 13.8. The molecule has 1 aliphatic carbocycles. The number of phenolic OH excluding ortho intramolecular Hbond substituents is 1. The number of fused-ring (bicyclic) bond motifs is 1. The molecule has 0 fully saturated rings. The van der Waals surface area contributed by atoms with Crippen molar-refractivity contribution in [2.24, 2.45) is 0 Å². The second-order valence-corrected chi connectivity index (χ2v) is 5.46. The van der Waals surface area contributed by atoms with Gasteiger partial charge in [0.2, 0.25) is 0 Å². The van der Waals surface area contributed by atoms with Crippen molar-refractivity contribution in [1.82, 2.24) is 4.90 Å². The van der Waals surface area contributed by atoms with Crippen molar-refractivity contribution < 1.29 is 9.50 Å². The highest BCUT2D eigenvalue weighted by molar-refractivity contribution is 8.93. The second-order valence-electron chi connectivity index (χ2n) is 5.46. The van der Waals surface area contributed by atoms with Crippen LogP contribution in [0, 0.1) is 5.82 Å². The lowest BCUT2D eigenvalue weighted by Crippen LogP contribution is -2.40. The standard InChI is InChI=1S/C16H24FNO.BrH/c1-3-9-18(10-4-2)12-5-6-13-14(11-12)16(19)8-7-15(13)17;/h7-8,12,19H,3-6,9-11H2,1-2H3;1H/t12-;/m1./s1. The molecule has 0 saturated carbocycles. The molecule has 0 amide bonds. The number of rotatable bonds is 5. The molecule has 0 aliphatic heterocycles. The molecule has 4 heteroatoms. The Hall–Kier alpha value is -0.610. The van der Waals surface area contributed by atoms with Crippen molar-refractivity contribution in [3.63, 3.8) is 0 Å². The van der Waals surface area contributed by atoms with E-state index in [1.807, 2.05) is 0 Å². The first kappa shape index (κ1) is 17.4. The van der Waals surface area contributed by atoms with Crippen molar-refractivity contribution in [1.29, 1.82) is 0 Å². The summed E-state index contributed by atoms with van der Waals surface area (Å²) in [5, 5.41) is 9.95. The van der Waals surface area contributed by atoms with Crippen molar-refractivity contribution in [2.45, 2.75) is 52.0 Å². The molecule has 20 heavy (non-hydrogen) atoms. The Morgan fingerprint density at radius 2 is 1.85 bits per heavy atom. The third-order valence-electron chi connectivity index (χ3n) is 4.05. The number of nitrogens with zero attached hydrogens (tertiary/aromatic N) is 1. The van der Waals surface area contributed by atoms with Gasteiger partial charge in [-0.3, -0.25) is 0 Å². The van der Waals surface area contributed by atoms with Crippen LogP contribution in [0.2, 0.25) is 0 Å². The fourth-order valence-corrected chi connectivity index (χ4v) is 3.16. The molecule has 2 nitrogen and oxygen atoms in total. The predicted molar refractivity (Wildman–Crippen MR) is 86.4 cm³/mol. The van der Waals surface area contributed by atoms with Gasteiger partial charge >= 0.3 is 0 Å². The lowest BCUT2D eigenvalue weighted by molar-refractivity contribution is 0.178. The molecule has 114 valence electrons. The highest BCUT2D eigenvalue weighted by atomic mass is 79.9. The highest BCUT2D eigenvalue weighted by Gasteiger charge is 2.27. The van der Waals surface area contributed by atoms with E-state index in [2.05, 4.69) is 18.7 Å². The van der Waals surface area contributed by atoms with Crippen molar-refractivity contribution in [2.75, 3.05) is 13.1 Å². The highest BCUT2D eigenvalue weighted by Crippen LogP contribution is 2.32. The lowest BCUT2D eigenvalue weighted by Gasteiger charge is -2.35. The first-order valence-corrected chi connectivity index (χ1v) is 7.40. The summed E-state index contributed by atoms with van der Waals surface area (Å²) in [4.78, 5) is 2.49. The van der Waals surface area contributed by atoms with E-state index in [4.69, 9.17) is 0 Å². The third kappa shape index (κ3) is 3.73. The average molecular weight is 346 g/mol. The van der Waals surface area contributed by atoms with E-state index in [1.54, 1.807) is 0 Å². The first-order valence-electron chi connectivity index (χ1n) is 7.40. The molecule has 0 saturated heterocycles. The average Bonchev–Trinajstić information content (AvgIpc) is 2.42. The van der Waals surface area contributed by atoms with E-state index >= 15 is 0 Å². The van der Waals surface area contributed by atoms with Crippen LogP contribution in [-0.2, 0) is 12.8 Å². The van der Waals surface area contributed by atoms with Crippen LogP contribution in [0.4, 0.5) is 4.39 Å². The molecule has 0 heterocycles. The predicted octanol–water partition coefficient (Wildman–Crippen LogP) is 4.09. The number of phenols is 1. The molecule has 0 bridgehead atoms. The van der Waals surface area contributed by atoms with Crippen LogP contribution in [0.5, 0.6) is 5.75 Å². The summed E-state index contributed by atoms with van der Waals surface area (Å²) in [5.74, 6) is 0.0952. The molecule has 0 radical (unpaired) electrons. The van der Waals surface area contributed by atoms with Crippen LogP contribution >= 0.6 is 17.0 Å². The van der Waals surface area contributed by atoms with Gasteiger partial charge in [-0.1, -0.05) is 13.8 Å². The molecule has 0 spiro atoms. The maximum Gasteiger partial charge on any atom is 0.126 e. The third-order valence-corrected chi connectivity index (χ3v) is 4.05. The zero-order valence-corrected chi connectivity index (χ0v) is 14.1. The molecule has 0 unspecified atom stereocenters. The van der Waals surface area contributed by atoms with Crippen molar-refractivity contribution in [3.05, 3.63) is 29.1 Å². The van der Waals surface area contributed by atoms with Crippen LogP contribution in [0.25, 0.3) is 0 Å². The van der Waals surface area contributed by atoms with E-state index < -0.39 is 0 Å². The summed E-state index contributed by atoms with van der Waals surface area (Å²) in [5.41, 5.74) is 1.55. The van der Waals surface area contributed by atoms with Gasteiger partial charge in [0.05, 0.1) is 0 Å². The van der Waals surface area contributed by atoms with Crippen LogP contribution in [-0.4, -0.2) is 29.1 Å². The van der Waals surface area contributed by atoms with Gasteiger partial charge in [0.1, 0.15) is 11.6 Å². The molecular formula is C16H25BrFNO. The second kappa shape index (κ2) is 7.99. The van der Waals surface area contributed by atoms with Crippen molar-refractivity contribution >= 4 is 17.0 Å². The minimum atomic E-state index is -0.163. The minimum absolute atomic E-state index is 0. The summed E-state index contributed by atoms with van der Waals surface area (Å²) < 4.78 is 13.8. The van der Waals surface area contributed by atoms with Crippen LogP contribution in [0.1, 0.15) is 44.2 Å². The Kier molecular flexibility index (Phi) is 6.96. The maximum atomic E-state index is 13.8. The van der Waals surface area contributed by atoms with Gasteiger partial charge in [-0.05, 0) is 62.9 Å². The Balaban J connectivity index is 0.00000200. The fraction of sp³-hybridized carbons (Fsp3) is 0.625. The Morgan fingerprint density at radius 3 is 2.45 bits per heavy atom.